The molecule has 34 heavy (non-hydrogen) atoms. The molecule has 0 radical (unpaired) electrons. The lowest BCUT2D eigenvalue weighted by Crippen LogP contribution is -2.15. The molecule has 1 aromatic heterocycles. The molecule has 4 aromatic rings. The van der Waals surface area contributed by atoms with Crippen molar-refractivity contribution >= 4 is 40.9 Å². The number of nitrogens with zero attached hydrogens (tertiary/aromatic N) is 3. The molecule has 1 amide bonds. The Labute approximate surface area is 204 Å². The Bertz CT molecular complexity index is 1300. The lowest BCUT2D eigenvalue weighted by molar-refractivity contribution is -0.113. The number of anilines is 1. The number of carboxylic acid groups (broad SMARTS) is 1. The van der Waals surface area contributed by atoms with Gasteiger partial charge in [0.05, 0.1) is 22.0 Å². The van der Waals surface area contributed by atoms with Crippen molar-refractivity contribution in [2.24, 2.45) is 0 Å². The molecule has 2 N–H and O–H groups in total. The van der Waals surface area contributed by atoms with Crippen LogP contribution in [0.15, 0.2) is 84.0 Å². The van der Waals surface area contributed by atoms with E-state index >= 15 is 0 Å². The number of hydrogen-bond acceptors (Lipinski definition) is 6. The van der Waals surface area contributed by atoms with Crippen molar-refractivity contribution in [2.75, 3.05) is 11.1 Å². The third-order valence-corrected chi connectivity index (χ3v) is 5.90. The van der Waals surface area contributed by atoms with Gasteiger partial charge < -0.3 is 15.2 Å². The van der Waals surface area contributed by atoms with Crippen molar-refractivity contribution in [2.45, 2.75) is 11.8 Å². The molecule has 0 bridgehead atoms. The molecule has 0 atom stereocenters. The van der Waals surface area contributed by atoms with Crippen LogP contribution in [-0.2, 0) is 11.4 Å². The Kier molecular flexibility index (Phi) is 7.46. The van der Waals surface area contributed by atoms with Gasteiger partial charge >= 0.3 is 5.97 Å². The van der Waals surface area contributed by atoms with E-state index < -0.39 is 5.97 Å². The summed E-state index contributed by atoms with van der Waals surface area (Å²) in [5, 5.41) is 21.1. The highest BCUT2D eigenvalue weighted by Gasteiger charge is 2.17. The van der Waals surface area contributed by atoms with Crippen LogP contribution < -0.4 is 10.1 Å². The average molecular weight is 495 g/mol. The second kappa shape index (κ2) is 10.9. The molecule has 0 aliphatic heterocycles. The molecule has 172 valence electrons. The maximum Gasteiger partial charge on any atom is 0.335 e. The van der Waals surface area contributed by atoms with Crippen molar-refractivity contribution < 1.29 is 19.4 Å². The fourth-order valence-electron chi connectivity index (χ4n) is 3.06. The van der Waals surface area contributed by atoms with Crippen molar-refractivity contribution in [3.8, 4) is 11.4 Å². The normalized spacial score (nSPS) is 10.6. The SMILES string of the molecule is O=C(CSc1nnc(COc2ccccc2)n1-c1ccccc1)Nc1cc(C(=O)O)ccc1Cl. The third-order valence-electron chi connectivity index (χ3n) is 4.65. The van der Waals surface area contributed by atoms with Crippen LogP contribution in [0.3, 0.4) is 0 Å². The summed E-state index contributed by atoms with van der Waals surface area (Å²) in [7, 11) is 0. The first kappa shape index (κ1) is 23.3. The van der Waals surface area contributed by atoms with Gasteiger partial charge in [-0.3, -0.25) is 9.36 Å². The predicted molar refractivity (Wildman–Crippen MR) is 130 cm³/mol. The maximum atomic E-state index is 12.6. The molecule has 3 aromatic carbocycles. The number of aromatic nitrogens is 3. The number of carbonyl (C=O) groups is 2. The summed E-state index contributed by atoms with van der Waals surface area (Å²) >= 11 is 7.29. The van der Waals surface area contributed by atoms with Crippen LogP contribution >= 0.6 is 23.4 Å². The summed E-state index contributed by atoms with van der Waals surface area (Å²) in [5.41, 5.74) is 1.09. The van der Waals surface area contributed by atoms with E-state index in [4.69, 9.17) is 21.4 Å². The number of aromatic carboxylic acids is 1. The lowest BCUT2D eigenvalue weighted by Gasteiger charge is -2.11. The predicted octanol–water partition coefficient (Wildman–Crippen LogP) is 4.93. The zero-order valence-corrected chi connectivity index (χ0v) is 19.3. The summed E-state index contributed by atoms with van der Waals surface area (Å²) in [6, 6.07) is 23.0. The standard InChI is InChI=1S/C24H19ClN4O4S/c25-19-12-11-16(23(31)32)13-20(19)26-22(30)15-34-24-28-27-21(14-33-18-9-5-2-6-10-18)29(24)17-7-3-1-4-8-17/h1-13H,14-15H2,(H,26,30)(H,31,32). The van der Waals surface area contributed by atoms with Gasteiger partial charge in [-0.1, -0.05) is 59.8 Å². The van der Waals surface area contributed by atoms with Crippen LogP contribution in [0.2, 0.25) is 5.02 Å². The third kappa shape index (κ3) is 5.75. The summed E-state index contributed by atoms with van der Waals surface area (Å²) < 4.78 is 7.67. The molecule has 4 rings (SSSR count). The van der Waals surface area contributed by atoms with E-state index in [1.165, 1.54) is 30.0 Å². The van der Waals surface area contributed by atoms with Crippen molar-refractivity contribution in [3.63, 3.8) is 0 Å². The Hall–Kier alpha value is -3.82. The number of halogens is 1. The number of hydrogen-bond donors (Lipinski definition) is 2. The molecule has 8 nitrogen and oxygen atoms in total. The lowest BCUT2D eigenvalue weighted by atomic mass is 10.2. The van der Waals surface area contributed by atoms with Crippen LogP contribution in [0.25, 0.3) is 5.69 Å². The highest BCUT2D eigenvalue weighted by Crippen LogP contribution is 2.26. The summed E-state index contributed by atoms with van der Waals surface area (Å²) in [5.74, 6) is -0.172. The molecule has 0 aliphatic carbocycles. The topological polar surface area (TPSA) is 106 Å². The van der Waals surface area contributed by atoms with Crippen molar-refractivity contribution in [3.05, 3.63) is 95.3 Å². The number of carbonyl (C=O) groups excluding carboxylic acids is 1. The van der Waals surface area contributed by atoms with E-state index in [1.807, 2.05) is 65.2 Å². The maximum absolute atomic E-state index is 12.6. The monoisotopic (exact) mass is 494 g/mol. The van der Waals surface area contributed by atoms with E-state index in [2.05, 4.69) is 15.5 Å². The second-order valence-corrected chi connectivity index (χ2v) is 8.36. The summed E-state index contributed by atoms with van der Waals surface area (Å²) in [4.78, 5) is 23.8. The van der Waals surface area contributed by atoms with Crippen molar-refractivity contribution in [1.82, 2.24) is 14.8 Å². The second-order valence-electron chi connectivity index (χ2n) is 7.01. The fourth-order valence-corrected chi connectivity index (χ4v) is 3.99. The van der Waals surface area contributed by atoms with E-state index in [-0.39, 0.29) is 34.5 Å². The number of nitrogens with one attached hydrogen (secondary N) is 1. The number of ether oxygens (including phenoxy) is 1. The minimum absolute atomic E-state index is 0.0120. The molecule has 0 aliphatic rings. The largest absolute Gasteiger partial charge is 0.486 e. The number of amides is 1. The molecular formula is C24H19ClN4O4S. The zero-order valence-electron chi connectivity index (χ0n) is 17.7. The van der Waals surface area contributed by atoms with Crippen molar-refractivity contribution in [1.29, 1.82) is 0 Å². The number of benzene rings is 3. The highest BCUT2D eigenvalue weighted by atomic mass is 35.5. The smallest absolute Gasteiger partial charge is 0.335 e. The number of thioether (sulfide) groups is 1. The highest BCUT2D eigenvalue weighted by molar-refractivity contribution is 7.99. The van der Waals surface area contributed by atoms with Gasteiger partial charge in [0, 0.05) is 5.69 Å². The molecule has 0 saturated heterocycles. The van der Waals surface area contributed by atoms with Gasteiger partial charge in [-0.15, -0.1) is 10.2 Å². The van der Waals surface area contributed by atoms with Crippen LogP contribution in [0.4, 0.5) is 5.69 Å². The van der Waals surface area contributed by atoms with E-state index in [0.717, 1.165) is 5.69 Å². The van der Waals surface area contributed by atoms with E-state index in [9.17, 15) is 9.59 Å². The average Bonchev–Trinajstić information content (AvgIpc) is 3.26. The quantitative estimate of drug-likeness (QED) is 0.318. The van der Waals surface area contributed by atoms with Crippen LogP contribution in [-0.4, -0.2) is 37.5 Å². The Morgan fingerprint density at radius 1 is 1.00 bits per heavy atom. The Morgan fingerprint density at radius 2 is 1.71 bits per heavy atom. The Balaban J connectivity index is 1.49. The van der Waals surface area contributed by atoms with E-state index in [1.54, 1.807) is 0 Å². The van der Waals surface area contributed by atoms with Gasteiger partial charge in [0.25, 0.3) is 0 Å². The van der Waals surface area contributed by atoms with Gasteiger partial charge in [-0.25, -0.2) is 4.79 Å². The van der Waals surface area contributed by atoms with Gasteiger partial charge in [-0.2, -0.15) is 0 Å². The first-order valence-corrected chi connectivity index (χ1v) is 11.5. The van der Waals surface area contributed by atoms with Gasteiger partial charge in [0.2, 0.25) is 5.91 Å². The molecule has 0 fully saturated rings. The van der Waals surface area contributed by atoms with Gasteiger partial charge in [0.15, 0.2) is 11.0 Å². The minimum atomic E-state index is -1.11. The van der Waals surface area contributed by atoms with Crippen LogP contribution in [0.5, 0.6) is 5.75 Å². The number of rotatable bonds is 9. The molecule has 0 saturated carbocycles. The summed E-state index contributed by atoms with van der Waals surface area (Å²) in [6.07, 6.45) is 0. The number of carboxylic acids is 1. The Morgan fingerprint density at radius 3 is 2.41 bits per heavy atom. The zero-order chi connectivity index (χ0) is 23.9. The van der Waals surface area contributed by atoms with E-state index in [0.29, 0.717) is 16.7 Å². The first-order chi connectivity index (χ1) is 16.5. The van der Waals surface area contributed by atoms with Crippen LogP contribution in [0.1, 0.15) is 16.2 Å². The fraction of sp³-hybridized carbons (Fsp3) is 0.0833. The molecule has 0 unspecified atom stereocenters. The first-order valence-electron chi connectivity index (χ1n) is 10.1. The summed E-state index contributed by atoms with van der Waals surface area (Å²) in [6.45, 7) is 0.191. The van der Waals surface area contributed by atoms with Gasteiger partial charge in [0.1, 0.15) is 12.4 Å². The van der Waals surface area contributed by atoms with Crippen LogP contribution in [0, 0.1) is 0 Å². The molecular weight excluding hydrogens is 476 g/mol. The van der Waals surface area contributed by atoms with Gasteiger partial charge in [-0.05, 0) is 42.5 Å². The number of para-hydroxylation sites is 2. The molecule has 1 heterocycles. The molecule has 0 spiro atoms. The minimum Gasteiger partial charge on any atom is -0.486 e. The molecule has 10 heteroatoms.